The van der Waals surface area contributed by atoms with E-state index >= 15 is 0 Å². The van der Waals surface area contributed by atoms with Crippen LogP contribution in [0.4, 0.5) is 0 Å². The summed E-state index contributed by atoms with van der Waals surface area (Å²) in [5.74, 6) is -0.623. The average Bonchev–Trinajstić information content (AvgIpc) is 2.24. The van der Waals surface area contributed by atoms with Crippen LogP contribution >= 0.6 is 0 Å². The monoisotopic (exact) mass is 237 g/mol. The van der Waals surface area contributed by atoms with Gasteiger partial charge in [-0.2, -0.15) is 0 Å². The fourth-order valence-corrected chi connectivity index (χ4v) is 1.82. The Morgan fingerprint density at radius 1 is 1.35 bits per heavy atom. The fraction of sp³-hybridized carbons (Fsp3) is 0.571. The molecule has 0 saturated heterocycles. The van der Waals surface area contributed by atoms with Crippen molar-refractivity contribution in [3.8, 4) is 0 Å². The van der Waals surface area contributed by atoms with Crippen molar-refractivity contribution in [1.82, 2.24) is 5.32 Å². The predicted molar refractivity (Wildman–Crippen MR) is 70.6 cm³/mol. The maximum absolute atomic E-state index is 11.7. The summed E-state index contributed by atoms with van der Waals surface area (Å²) in [5.41, 5.74) is 0. The molecule has 0 aromatic carbocycles. The number of carbonyl (C=O) groups excluding carboxylic acids is 2. The highest BCUT2D eigenvalue weighted by Crippen LogP contribution is 2.32. The van der Waals surface area contributed by atoms with Gasteiger partial charge >= 0.3 is 0 Å². The van der Waals surface area contributed by atoms with E-state index in [0.717, 1.165) is 6.42 Å². The molecule has 1 aliphatic carbocycles. The van der Waals surface area contributed by atoms with Gasteiger partial charge in [-0.25, -0.2) is 0 Å². The van der Waals surface area contributed by atoms with Crippen molar-refractivity contribution >= 4 is 11.7 Å². The molecule has 96 valence electrons. The quantitative estimate of drug-likeness (QED) is 0.546. The van der Waals surface area contributed by atoms with Gasteiger partial charge in [0.1, 0.15) is 0 Å². The van der Waals surface area contributed by atoms with Gasteiger partial charge in [-0.3, -0.25) is 9.59 Å². The molecule has 1 N–H and O–H groups in total. The molecule has 0 aliphatic heterocycles. The molecule has 0 spiro atoms. The highest BCUT2D eigenvalue weighted by molar-refractivity contribution is 6.37. The number of carbonyl (C=O) groups is 2. The highest BCUT2D eigenvalue weighted by atomic mass is 16.2. The third kappa shape index (κ3) is 4.55. The molecule has 1 fully saturated rings. The molecule has 1 saturated carbocycles. The minimum absolute atomic E-state index is 0. The van der Waals surface area contributed by atoms with Crippen LogP contribution < -0.4 is 5.32 Å². The van der Waals surface area contributed by atoms with E-state index in [1.165, 1.54) is 19.3 Å². The second-order valence-electron chi connectivity index (χ2n) is 4.24. The lowest BCUT2D eigenvalue weighted by Gasteiger charge is -2.27. The number of hydrogen-bond donors (Lipinski definition) is 1. The normalized spacial score (nSPS) is 16.0. The van der Waals surface area contributed by atoms with Crippen LogP contribution in [0, 0.1) is 11.8 Å². The lowest BCUT2D eigenvalue weighted by molar-refractivity contribution is -0.139. The van der Waals surface area contributed by atoms with Gasteiger partial charge in [-0.15, -0.1) is 13.2 Å². The second-order valence-corrected chi connectivity index (χ2v) is 4.24. The SMILES string of the molecule is C.C=CCNC(=O)C(=O)C(C=C)CC1CCC1. The number of rotatable bonds is 7. The lowest BCUT2D eigenvalue weighted by Crippen LogP contribution is -2.36. The Morgan fingerprint density at radius 3 is 2.41 bits per heavy atom. The molecule has 0 bridgehead atoms. The van der Waals surface area contributed by atoms with E-state index < -0.39 is 5.91 Å². The Bertz CT molecular complexity index is 293. The van der Waals surface area contributed by atoms with E-state index in [-0.39, 0.29) is 19.1 Å². The molecule has 1 amide bonds. The van der Waals surface area contributed by atoms with E-state index in [0.29, 0.717) is 12.5 Å². The summed E-state index contributed by atoms with van der Waals surface area (Å²) in [5, 5.41) is 2.50. The highest BCUT2D eigenvalue weighted by Gasteiger charge is 2.27. The Hall–Kier alpha value is -1.38. The summed E-state index contributed by atoms with van der Waals surface area (Å²) in [6.07, 6.45) is 7.50. The third-order valence-electron chi connectivity index (χ3n) is 3.06. The molecule has 1 aliphatic rings. The van der Waals surface area contributed by atoms with E-state index in [1.807, 2.05) is 0 Å². The van der Waals surface area contributed by atoms with Crippen molar-refractivity contribution < 1.29 is 9.59 Å². The van der Waals surface area contributed by atoms with E-state index in [4.69, 9.17) is 0 Å². The van der Waals surface area contributed by atoms with Gasteiger partial charge in [-0.1, -0.05) is 38.8 Å². The second kappa shape index (κ2) is 7.82. The van der Waals surface area contributed by atoms with Crippen LogP contribution in [0.15, 0.2) is 25.3 Å². The summed E-state index contributed by atoms with van der Waals surface area (Å²) < 4.78 is 0. The number of Topliss-reactive ketones (excluding diaryl/α,β-unsaturated/α-hetero) is 1. The molecule has 3 heteroatoms. The maximum atomic E-state index is 11.7. The van der Waals surface area contributed by atoms with Crippen molar-refractivity contribution in [2.45, 2.75) is 33.1 Å². The molecule has 0 radical (unpaired) electrons. The minimum Gasteiger partial charge on any atom is -0.346 e. The first kappa shape index (κ1) is 15.6. The summed E-state index contributed by atoms with van der Waals surface area (Å²) in [7, 11) is 0. The van der Waals surface area contributed by atoms with Gasteiger partial charge in [-0.05, 0) is 12.3 Å². The third-order valence-corrected chi connectivity index (χ3v) is 3.06. The predicted octanol–water partition coefficient (Wildman–Crippen LogP) is 2.49. The molecule has 0 aromatic heterocycles. The molecule has 1 rings (SSSR count). The van der Waals surface area contributed by atoms with Crippen molar-refractivity contribution in [2.24, 2.45) is 11.8 Å². The first-order chi connectivity index (χ1) is 7.69. The molecular formula is C14H23NO2. The van der Waals surface area contributed by atoms with Crippen molar-refractivity contribution in [3.63, 3.8) is 0 Å². The summed E-state index contributed by atoms with van der Waals surface area (Å²) >= 11 is 0. The van der Waals surface area contributed by atoms with Crippen LogP contribution in [0.25, 0.3) is 0 Å². The summed E-state index contributed by atoms with van der Waals surface area (Å²) in [6, 6.07) is 0. The van der Waals surface area contributed by atoms with E-state index in [2.05, 4.69) is 18.5 Å². The van der Waals surface area contributed by atoms with Gasteiger partial charge < -0.3 is 5.32 Å². The zero-order valence-corrected chi connectivity index (χ0v) is 9.58. The van der Waals surface area contributed by atoms with E-state index in [1.54, 1.807) is 12.2 Å². The van der Waals surface area contributed by atoms with Crippen LogP contribution in [-0.4, -0.2) is 18.2 Å². The summed E-state index contributed by atoms with van der Waals surface area (Å²) in [4.78, 5) is 23.2. The van der Waals surface area contributed by atoms with Crippen LogP contribution in [0.1, 0.15) is 33.1 Å². The Balaban J connectivity index is 0.00000256. The Labute approximate surface area is 104 Å². The largest absolute Gasteiger partial charge is 0.346 e. The lowest BCUT2D eigenvalue weighted by atomic mass is 9.78. The molecule has 0 heterocycles. The first-order valence-corrected chi connectivity index (χ1v) is 5.74. The van der Waals surface area contributed by atoms with Crippen molar-refractivity contribution in [2.75, 3.05) is 6.54 Å². The smallest absolute Gasteiger partial charge is 0.288 e. The van der Waals surface area contributed by atoms with Gasteiger partial charge in [0.25, 0.3) is 5.91 Å². The van der Waals surface area contributed by atoms with Crippen molar-refractivity contribution in [1.29, 1.82) is 0 Å². The molecular weight excluding hydrogens is 214 g/mol. The van der Waals surface area contributed by atoms with Crippen molar-refractivity contribution in [3.05, 3.63) is 25.3 Å². The maximum Gasteiger partial charge on any atom is 0.288 e. The number of allylic oxidation sites excluding steroid dienone is 1. The fourth-order valence-electron chi connectivity index (χ4n) is 1.82. The molecule has 1 atom stereocenters. The molecule has 0 aromatic rings. The zero-order chi connectivity index (χ0) is 12.0. The van der Waals surface area contributed by atoms with Gasteiger partial charge in [0.05, 0.1) is 0 Å². The van der Waals surface area contributed by atoms with Gasteiger partial charge in [0.2, 0.25) is 5.78 Å². The van der Waals surface area contributed by atoms with Gasteiger partial charge in [0, 0.05) is 12.5 Å². The molecule has 3 nitrogen and oxygen atoms in total. The number of amides is 1. The number of hydrogen-bond acceptors (Lipinski definition) is 2. The standard InChI is InChI=1S/C13H19NO2.CH4/c1-3-8-14-13(16)12(15)11(4-2)9-10-6-5-7-10;/h3-4,10-11H,1-2,5-9H2,(H,14,16);1H4. The summed E-state index contributed by atoms with van der Waals surface area (Å²) in [6.45, 7) is 7.45. The van der Waals surface area contributed by atoms with Crippen LogP contribution in [0.5, 0.6) is 0 Å². The average molecular weight is 237 g/mol. The number of nitrogens with one attached hydrogen (secondary N) is 1. The van der Waals surface area contributed by atoms with Crippen LogP contribution in [0.2, 0.25) is 0 Å². The molecule has 1 unspecified atom stereocenters. The van der Waals surface area contributed by atoms with Gasteiger partial charge in [0.15, 0.2) is 0 Å². The number of ketones is 1. The Kier molecular flexibility index (Phi) is 7.19. The molecule has 17 heavy (non-hydrogen) atoms. The minimum atomic E-state index is -0.524. The first-order valence-electron chi connectivity index (χ1n) is 5.74. The van der Waals surface area contributed by atoms with Crippen LogP contribution in [0.3, 0.4) is 0 Å². The topological polar surface area (TPSA) is 46.2 Å². The zero-order valence-electron chi connectivity index (χ0n) is 9.58. The van der Waals surface area contributed by atoms with E-state index in [9.17, 15) is 9.59 Å². The van der Waals surface area contributed by atoms with Crippen LogP contribution in [-0.2, 0) is 9.59 Å². The Morgan fingerprint density at radius 2 is 2.00 bits per heavy atom.